The summed E-state index contributed by atoms with van der Waals surface area (Å²) in [5.74, 6) is 1.03. The number of hydrogen-bond donors (Lipinski definition) is 2. The Morgan fingerprint density at radius 2 is 2.13 bits per heavy atom. The molecule has 84 valence electrons. The Bertz CT molecular complexity index is 337. The lowest BCUT2D eigenvalue weighted by Crippen LogP contribution is -2.06. The van der Waals surface area contributed by atoms with E-state index in [-0.39, 0.29) is 11.7 Å². The minimum absolute atomic E-state index is 0.249. The highest BCUT2D eigenvalue weighted by Crippen LogP contribution is 2.37. The van der Waals surface area contributed by atoms with Gasteiger partial charge in [-0.2, -0.15) is 0 Å². The SMILES string of the molecule is COc1ccc(C)c(C(C)CCN)c1O. The number of phenolic OH excluding ortho intramolecular Hbond substituents is 1. The lowest BCUT2D eigenvalue weighted by molar-refractivity contribution is 0.368. The quantitative estimate of drug-likeness (QED) is 0.799. The summed E-state index contributed by atoms with van der Waals surface area (Å²) >= 11 is 0. The lowest BCUT2D eigenvalue weighted by Gasteiger charge is -2.17. The van der Waals surface area contributed by atoms with Gasteiger partial charge in [0.05, 0.1) is 7.11 Å². The van der Waals surface area contributed by atoms with E-state index in [1.54, 1.807) is 13.2 Å². The Morgan fingerprint density at radius 1 is 1.47 bits per heavy atom. The Kier molecular flexibility index (Phi) is 3.97. The zero-order valence-corrected chi connectivity index (χ0v) is 9.58. The molecule has 0 spiro atoms. The van der Waals surface area contributed by atoms with Crippen LogP contribution in [-0.2, 0) is 0 Å². The van der Waals surface area contributed by atoms with Gasteiger partial charge in [-0.15, -0.1) is 0 Å². The Hall–Kier alpha value is -1.22. The van der Waals surface area contributed by atoms with Crippen LogP contribution in [0.5, 0.6) is 11.5 Å². The predicted octanol–water partition coefficient (Wildman–Crippen LogP) is 2.16. The lowest BCUT2D eigenvalue weighted by atomic mass is 9.92. The van der Waals surface area contributed by atoms with Crippen LogP contribution in [0.3, 0.4) is 0 Å². The van der Waals surface area contributed by atoms with E-state index >= 15 is 0 Å². The standard InChI is InChI=1S/C12H19NO2/c1-8-4-5-10(15-3)12(14)11(8)9(2)6-7-13/h4-5,9,14H,6-7,13H2,1-3H3. The van der Waals surface area contributed by atoms with Gasteiger partial charge in [0.15, 0.2) is 11.5 Å². The number of aromatic hydroxyl groups is 1. The maximum Gasteiger partial charge on any atom is 0.161 e. The molecule has 0 amide bonds. The molecule has 1 rings (SSSR count). The van der Waals surface area contributed by atoms with Gasteiger partial charge in [0.2, 0.25) is 0 Å². The minimum Gasteiger partial charge on any atom is -0.504 e. The number of benzene rings is 1. The molecule has 0 bridgehead atoms. The summed E-state index contributed by atoms with van der Waals surface area (Å²) in [4.78, 5) is 0. The average molecular weight is 209 g/mol. The van der Waals surface area contributed by atoms with Gasteiger partial charge in [0.1, 0.15) is 0 Å². The van der Waals surface area contributed by atoms with E-state index in [1.165, 1.54) is 0 Å². The van der Waals surface area contributed by atoms with Crippen molar-refractivity contribution in [2.75, 3.05) is 13.7 Å². The molecule has 0 aliphatic rings. The summed E-state index contributed by atoms with van der Waals surface area (Å²) < 4.78 is 5.09. The second-order valence-corrected chi connectivity index (χ2v) is 3.83. The summed E-state index contributed by atoms with van der Waals surface area (Å²) in [6.45, 7) is 4.67. The Balaban J connectivity index is 3.14. The predicted molar refractivity (Wildman–Crippen MR) is 61.5 cm³/mol. The highest BCUT2D eigenvalue weighted by atomic mass is 16.5. The van der Waals surface area contributed by atoms with Crippen LogP contribution in [0.2, 0.25) is 0 Å². The molecule has 1 atom stereocenters. The molecule has 0 aliphatic heterocycles. The molecule has 1 aromatic rings. The van der Waals surface area contributed by atoms with Gasteiger partial charge in [-0.1, -0.05) is 13.0 Å². The largest absolute Gasteiger partial charge is 0.504 e. The second-order valence-electron chi connectivity index (χ2n) is 3.83. The fourth-order valence-electron chi connectivity index (χ4n) is 1.87. The molecule has 15 heavy (non-hydrogen) atoms. The number of phenols is 1. The average Bonchev–Trinajstić information content (AvgIpc) is 2.18. The number of rotatable bonds is 4. The van der Waals surface area contributed by atoms with E-state index in [0.717, 1.165) is 17.5 Å². The number of ether oxygens (including phenoxy) is 1. The van der Waals surface area contributed by atoms with Crippen molar-refractivity contribution in [3.05, 3.63) is 23.3 Å². The molecular weight excluding hydrogens is 190 g/mol. The third kappa shape index (κ3) is 2.42. The van der Waals surface area contributed by atoms with Crippen molar-refractivity contribution in [3.63, 3.8) is 0 Å². The first-order valence-electron chi connectivity index (χ1n) is 5.18. The number of methoxy groups -OCH3 is 1. The van der Waals surface area contributed by atoms with Gasteiger partial charge in [-0.3, -0.25) is 0 Å². The van der Waals surface area contributed by atoms with Gasteiger partial charge in [-0.25, -0.2) is 0 Å². The molecule has 0 saturated heterocycles. The monoisotopic (exact) mass is 209 g/mol. The molecule has 0 saturated carbocycles. The number of hydrogen-bond acceptors (Lipinski definition) is 3. The van der Waals surface area contributed by atoms with Crippen LogP contribution in [0, 0.1) is 6.92 Å². The summed E-state index contributed by atoms with van der Waals surface area (Å²) in [6, 6.07) is 3.74. The van der Waals surface area contributed by atoms with Gasteiger partial charge in [0.25, 0.3) is 0 Å². The van der Waals surface area contributed by atoms with Crippen LogP contribution in [0.1, 0.15) is 30.4 Å². The van der Waals surface area contributed by atoms with Gasteiger partial charge < -0.3 is 15.6 Å². The van der Waals surface area contributed by atoms with E-state index in [9.17, 15) is 5.11 Å². The summed E-state index contributed by atoms with van der Waals surface area (Å²) in [5, 5.41) is 10.0. The molecule has 3 N–H and O–H groups in total. The molecule has 3 nitrogen and oxygen atoms in total. The molecule has 0 fully saturated rings. The third-order valence-corrected chi connectivity index (χ3v) is 2.71. The van der Waals surface area contributed by atoms with E-state index in [2.05, 4.69) is 6.92 Å². The van der Waals surface area contributed by atoms with Gasteiger partial charge in [0, 0.05) is 5.56 Å². The van der Waals surface area contributed by atoms with Crippen LogP contribution >= 0.6 is 0 Å². The van der Waals surface area contributed by atoms with Crippen LogP contribution in [-0.4, -0.2) is 18.8 Å². The normalized spacial score (nSPS) is 12.5. The Morgan fingerprint density at radius 3 is 2.67 bits per heavy atom. The van der Waals surface area contributed by atoms with E-state index in [0.29, 0.717) is 12.3 Å². The highest BCUT2D eigenvalue weighted by Gasteiger charge is 2.16. The number of aryl methyl sites for hydroxylation is 1. The first-order valence-corrected chi connectivity index (χ1v) is 5.18. The molecule has 3 heteroatoms. The molecule has 0 heterocycles. The van der Waals surface area contributed by atoms with E-state index < -0.39 is 0 Å². The van der Waals surface area contributed by atoms with Crippen molar-refractivity contribution >= 4 is 0 Å². The van der Waals surface area contributed by atoms with Crippen molar-refractivity contribution in [2.24, 2.45) is 5.73 Å². The molecule has 0 aromatic heterocycles. The summed E-state index contributed by atoms with van der Waals surface area (Å²) in [5.41, 5.74) is 7.55. The molecule has 1 aromatic carbocycles. The van der Waals surface area contributed by atoms with Crippen LogP contribution in [0.15, 0.2) is 12.1 Å². The maximum absolute atomic E-state index is 10.0. The second kappa shape index (κ2) is 5.03. The van der Waals surface area contributed by atoms with E-state index in [4.69, 9.17) is 10.5 Å². The van der Waals surface area contributed by atoms with Crippen molar-refractivity contribution in [1.29, 1.82) is 0 Å². The minimum atomic E-state index is 0.249. The zero-order valence-electron chi connectivity index (χ0n) is 9.58. The summed E-state index contributed by atoms with van der Waals surface area (Å²) in [7, 11) is 1.56. The highest BCUT2D eigenvalue weighted by molar-refractivity contribution is 5.50. The first-order chi connectivity index (χ1) is 7.11. The van der Waals surface area contributed by atoms with Gasteiger partial charge in [-0.05, 0) is 37.4 Å². The summed E-state index contributed by atoms with van der Waals surface area (Å²) in [6.07, 6.45) is 0.863. The van der Waals surface area contributed by atoms with Crippen molar-refractivity contribution in [1.82, 2.24) is 0 Å². The molecule has 0 aliphatic carbocycles. The van der Waals surface area contributed by atoms with Gasteiger partial charge >= 0.3 is 0 Å². The zero-order chi connectivity index (χ0) is 11.4. The molecule has 1 unspecified atom stereocenters. The van der Waals surface area contributed by atoms with E-state index in [1.807, 2.05) is 13.0 Å². The molecular formula is C12H19NO2. The smallest absolute Gasteiger partial charge is 0.161 e. The maximum atomic E-state index is 10.0. The van der Waals surface area contributed by atoms with Crippen molar-refractivity contribution < 1.29 is 9.84 Å². The van der Waals surface area contributed by atoms with Crippen LogP contribution in [0.25, 0.3) is 0 Å². The first kappa shape index (κ1) is 11.9. The topological polar surface area (TPSA) is 55.5 Å². The van der Waals surface area contributed by atoms with Crippen molar-refractivity contribution in [3.8, 4) is 11.5 Å². The third-order valence-electron chi connectivity index (χ3n) is 2.71. The number of nitrogens with two attached hydrogens (primary N) is 1. The van der Waals surface area contributed by atoms with Crippen LogP contribution < -0.4 is 10.5 Å². The van der Waals surface area contributed by atoms with Crippen LogP contribution in [0.4, 0.5) is 0 Å². The van der Waals surface area contributed by atoms with Crippen molar-refractivity contribution in [2.45, 2.75) is 26.2 Å². The fraction of sp³-hybridized carbons (Fsp3) is 0.500. The fourth-order valence-corrected chi connectivity index (χ4v) is 1.87. The Labute approximate surface area is 90.9 Å². The molecule has 0 radical (unpaired) electrons.